The summed E-state index contributed by atoms with van der Waals surface area (Å²) in [5.41, 5.74) is 6.93. The molecule has 8 heteroatoms. The summed E-state index contributed by atoms with van der Waals surface area (Å²) in [5.74, 6) is 0.267. The molecule has 106 valence electrons. The normalized spacial score (nSPS) is 11.3. The average Bonchev–Trinajstić information content (AvgIpc) is 2.73. The van der Waals surface area contributed by atoms with E-state index in [9.17, 15) is 8.42 Å². The molecular weight excluding hydrogens is 296 g/mol. The van der Waals surface area contributed by atoms with Crippen molar-refractivity contribution in [1.82, 2.24) is 9.78 Å². The Hall–Kier alpha value is -1.93. The SMILES string of the molecule is Cc1cc(S(=O)(=O)Nc2ccn(C)n2)ccc1C(N)=S. The van der Waals surface area contributed by atoms with E-state index in [0.29, 0.717) is 11.1 Å². The van der Waals surface area contributed by atoms with E-state index in [-0.39, 0.29) is 15.7 Å². The highest BCUT2D eigenvalue weighted by atomic mass is 32.2. The van der Waals surface area contributed by atoms with Crippen LogP contribution in [0.1, 0.15) is 11.1 Å². The Bertz CT molecular complexity index is 766. The number of nitrogens with two attached hydrogens (primary N) is 1. The fraction of sp³-hybridized carbons (Fsp3) is 0.167. The van der Waals surface area contributed by atoms with Gasteiger partial charge in [0, 0.05) is 24.9 Å². The van der Waals surface area contributed by atoms with E-state index in [1.165, 1.54) is 16.8 Å². The second-order valence-corrected chi connectivity index (χ2v) is 6.44. The van der Waals surface area contributed by atoms with Crippen molar-refractivity contribution in [3.05, 3.63) is 41.6 Å². The van der Waals surface area contributed by atoms with Crippen molar-refractivity contribution in [2.45, 2.75) is 11.8 Å². The molecular formula is C12H14N4O2S2. The highest BCUT2D eigenvalue weighted by Gasteiger charge is 2.16. The molecule has 0 aliphatic heterocycles. The number of rotatable bonds is 4. The largest absolute Gasteiger partial charge is 0.389 e. The van der Waals surface area contributed by atoms with Crippen LogP contribution in [-0.4, -0.2) is 23.2 Å². The molecule has 1 heterocycles. The second kappa shape index (κ2) is 5.22. The summed E-state index contributed by atoms with van der Waals surface area (Å²) < 4.78 is 28.4. The number of nitrogens with zero attached hydrogens (tertiary/aromatic N) is 2. The summed E-state index contributed by atoms with van der Waals surface area (Å²) >= 11 is 4.89. The van der Waals surface area contributed by atoms with Gasteiger partial charge >= 0.3 is 0 Å². The third-order valence-electron chi connectivity index (χ3n) is 2.73. The first-order chi connectivity index (χ1) is 9.29. The fourth-order valence-corrected chi connectivity index (χ4v) is 3.06. The fourth-order valence-electron chi connectivity index (χ4n) is 1.75. The predicted molar refractivity (Wildman–Crippen MR) is 81.1 cm³/mol. The number of hydrogen-bond acceptors (Lipinski definition) is 4. The summed E-state index contributed by atoms with van der Waals surface area (Å²) in [6.07, 6.45) is 1.65. The van der Waals surface area contributed by atoms with Crippen molar-refractivity contribution in [2.75, 3.05) is 4.72 Å². The molecule has 2 aromatic rings. The highest BCUT2D eigenvalue weighted by Crippen LogP contribution is 2.18. The summed E-state index contributed by atoms with van der Waals surface area (Å²) in [5, 5.41) is 3.98. The van der Waals surface area contributed by atoms with Crippen LogP contribution in [0.15, 0.2) is 35.4 Å². The molecule has 0 unspecified atom stereocenters. The lowest BCUT2D eigenvalue weighted by Gasteiger charge is -2.09. The average molecular weight is 310 g/mol. The Morgan fingerprint density at radius 2 is 2.10 bits per heavy atom. The van der Waals surface area contributed by atoms with Gasteiger partial charge in [0.1, 0.15) is 4.99 Å². The molecule has 1 aromatic carbocycles. The number of benzene rings is 1. The zero-order valence-electron chi connectivity index (χ0n) is 11.0. The van der Waals surface area contributed by atoms with Crippen molar-refractivity contribution in [2.24, 2.45) is 12.8 Å². The van der Waals surface area contributed by atoms with Gasteiger partial charge in [0.25, 0.3) is 10.0 Å². The number of sulfonamides is 1. The van der Waals surface area contributed by atoms with Crippen LogP contribution in [0, 0.1) is 6.92 Å². The van der Waals surface area contributed by atoms with Gasteiger partial charge in [-0.15, -0.1) is 0 Å². The highest BCUT2D eigenvalue weighted by molar-refractivity contribution is 7.92. The van der Waals surface area contributed by atoms with Gasteiger partial charge in [0.2, 0.25) is 0 Å². The van der Waals surface area contributed by atoms with Gasteiger partial charge in [-0.2, -0.15) is 5.10 Å². The van der Waals surface area contributed by atoms with E-state index in [1.807, 2.05) is 0 Å². The molecule has 0 fully saturated rings. The van der Waals surface area contributed by atoms with Crippen molar-refractivity contribution < 1.29 is 8.42 Å². The summed E-state index contributed by atoms with van der Waals surface area (Å²) in [7, 11) is -1.97. The molecule has 0 bridgehead atoms. The lowest BCUT2D eigenvalue weighted by Crippen LogP contribution is -2.16. The van der Waals surface area contributed by atoms with E-state index in [0.717, 1.165) is 0 Å². The van der Waals surface area contributed by atoms with Crippen molar-refractivity contribution >= 4 is 33.0 Å². The number of aryl methyl sites for hydroxylation is 2. The molecule has 1 aromatic heterocycles. The zero-order chi connectivity index (χ0) is 14.9. The monoisotopic (exact) mass is 310 g/mol. The molecule has 20 heavy (non-hydrogen) atoms. The molecule has 0 saturated carbocycles. The van der Waals surface area contributed by atoms with Crippen LogP contribution in [0.5, 0.6) is 0 Å². The molecule has 2 rings (SSSR count). The van der Waals surface area contributed by atoms with E-state index in [4.69, 9.17) is 18.0 Å². The number of nitrogens with one attached hydrogen (secondary N) is 1. The van der Waals surface area contributed by atoms with Crippen molar-refractivity contribution in [1.29, 1.82) is 0 Å². The smallest absolute Gasteiger partial charge is 0.263 e. The van der Waals surface area contributed by atoms with Gasteiger partial charge in [-0.1, -0.05) is 18.3 Å². The standard InChI is InChI=1S/C12H14N4O2S2/c1-8-7-9(3-4-10(8)12(13)19)20(17,18)15-11-5-6-16(2)14-11/h3-7H,1-2H3,(H2,13,19)(H,14,15). The maximum absolute atomic E-state index is 12.2. The molecule has 0 aliphatic carbocycles. The van der Waals surface area contributed by atoms with Crippen molar-refractivity contribution in [3.8, 4) is 0 Å². The Balaban J connectivity index is 2.35. The van der Waals surface area contributed by atoms with Gasteiger partial charge in [-0.25, -0.2) is 8.42 Å². The van der Waals surface area contributed by atoms with E-state index in [1.54, 1.807) is 32.3 Å². The molecule has 0 saturated heterocycles. The molecule has 0 spiro atoms. The van der Waals surface area contributed by atoms with E-state index >= 15 is 0 Å². The quantitative estimate of drug-likeness (QED) is 0.827. The van der Waals surface area contributed by atoms with Crippen LogP contribution >= 0.6 is 12.2 Å². The number of anilines is 1. The maximum Gasteiger partial charge on any atom is 0.263 e. The number of aromatic nitrogens is 2. The van der Waals surface area contributed by atoms with Crippen LogP contribution in [-0.2, 0) is 17.1 Å². The van der Waals surface area contributed by atoms with Crippen LogP contribution in [0.2, 0.25) is 0 Å². The topological polar surface area (TPSA) is 90.0 Å². The second-order valence-electron chi connectivity index (χ2n) is 4.32. The molecule has 0 atom stereocenters. The number of thiocarbonyl (C=S) groups is 1. The minimum Gasteiger partial charge on any atom is -0.389 e. The van der Waals surface area contributed by atoms with E-state index < -0.39 is 10.0 Å². The summed E-state index contributed by atoms with van der Waals surface area (Å²) in [4.78, 5) is 0.379. The first-order valence-corrected chi connectivity index (χ1v) is 7.61. The van der Waals surface area contributed by atoms with Gasteiger partial charge < -0.3 is 5.73 Å². The van der Waals surface area contributed by atoms with Gasteiger partial charge in [-0.05, 0) is 24.6 Å². The molecule has 0 radical (unpaired) electrons. The van der Waals surface area contributed by atoms with Crippen LogP contribution in [0.25, 0.3) is 0 Å². The van der Waals surface area contributed by atoms with Gasteiger partial charge in [-0.3, -0.25) is 9.40 Å². The minimum atomic E-state index is -3.67. The lowest BCUT2D eigenvalue weighted by atomic mass is 10.1. The Labute approximate surface area is 122 Å². The Morgan fingerprint density at radius 3 is 2.60 bits per heavy atom. The minimum absolute atomic E-state index is 0.139. The maximum atomic E-state index is 12.2. The Morgan fingerprint density at radius 1 is 1.40 bits per heavy atom. The van der Waals surface area contributed by atoms with Crippen LogP contribution in [0.3, 0.4) is 0 Å². The molecule has 6 nitrogen and oxygen atoms in total. The van der Waals surface area contributed by atoms with Crippen LogP contribution < -0.4 is 10.5 Å². The first-order valence-electron chi connectivity index (χ1n) is 5.72. The summed E-state index contributed by atoms with van der Waals surface area (Å²) in [6.45, 7) is 1.76. The predicted octanol–water partition coefficient (Wildman–Crippen LogP) is 1.16. The molecule has 3 N–H and O–H groups in total. The van der Waals surface area contributed by atoms with Gasteiger partial charge in [0.15, 0.2) is 5.82 Å². The van der Waals surface area contributed by atoms with Gasteiger partial charge in [0.05, 0.1) is 4.90 Å². The first kappa shape index (κ1) is 14.5. The number of hydrogen-bond donors (Lipinski definition) is 2. The third kappa shape index (κ3) is 2.97. The molecule has 0 amide bonds. The van der Waals surface area contributed by atoms with Crippen LogP contribution in [0.4, 0.5) is 5.82 Å². The molecule has 0 aliphatic rings. The summed E-state index contributed by atoms with van der Waals surface area (Å²) in [6, 6.07) is 6.17. The van der Waals surface area contributed by atoms with Crippen molar-refractivity contribution in [3.63, 3.8) is 0 Å². The zero-order valence-corrected chi connectivity index (χ0v) is 12.6. The Kier molecular flexibility index (Phi) is 3.78. The third-order valence-corrected chi connectivity index (χ3v) is 4.30. The lowest BCUT2D eigenvalue weighted by molar-refractivity contribution is 0.600. The van der Waals surface area contributed by atoms with E-state index in [2.05, 4.69) is 9.82 Å².